The first-order chi connectivity index (χ1) is 8.25. The summed E-state index contributed by atoms with van der Waals surface area (Å²) < 4.78 is 0. The second kappa shape index (κ2) is 6.46. The Hall–Kier alpha value is -0.470. The SMILES string of the molecule is Cc1cccc(C(O)CSC2CCCCC2)c1. The van der Waals surface area contributed by atoms with Crippen LogP contribution in [0, 0.1) is 6.92 Å². The molecular formula is C15H22OS. The molecule has 0 aromatic heterocycles. The summed E-state index contributed by atoms with van der Waals surface area (Å²) in [6, 6.07) is 8.22. The van der Waals surface area contributed by atoms with Crippen LogP contribution in [0.25, 0.3) is 0 Å². The van der Waals surface area contributed by atoms with E-state index in [1.54, 1.807) is 0 Å². The van der Waals surface area contributed by atoms with E-state index in [2.05, 4.69) is 19.1 Å². The lowest BCUT2D eigenvalue weighted by Crippen LogP contribution is -2.11. The first-order valence-electron chi connectivity index (χ1n) is 6.62. The Morgan fingerprint density at radius 2 is 2.06 bits per heavy atom. The van der Waals surface area contributed by atoms with E-state index in [1.165, 1.54) is 37.7 Å². The Balaban J connectivity index is 1.82. The molecule has 0 radical (unpaired) electrons. The molecule has 1 atom stereocenters. The Morgan fingerprint density at radius 1 is 1.29 bits per heavy atom. The number of aliphatic hydroxyl groups is 1. The van der Waals surface area contributed by atoms with Crippen LogP contribution in [0.15, 0.2) is 24.3 Å². The van der Waals surface area contributed by atoms with Crippen molar-refractivity contribution >= 4 is 11.8 Å². The molecule has 1 N–H and O–H groups in total. The molecule has 17 heavy (non-hydrogen) atoms. The van der Waals surface area contributed by atoms with Crippen LogP contribution in [-0.4, -0.2) is 16.1 Å². The monoisotopic (exact) mass is 250 g/mol. The molecule has 0 saturated heterocycles. The molecule has 2 rings (SSSR count). The predicted octanol–water partition coefficient (Wildman–Crippen LogP) is 4.09. The third-order valence-electron chi connectivity index (χ3n) is 3.47. The summed E-state index contributed by atoms with van der Waals surface area (Å²) in [4.78, 5) is 0. The lowest BCUT2D eigenvalue weighted by molar-refractivity contribution is 0.204. The molecule has 1 aromatic carbocycles. The van der Waals surface area contributed by atoms with Crippen molar-refractivity contribution in [1.29, 1.82) is 0 Å². The summed E-state index contributed by atoms with van der Waals surface area (Å²) in [6.07, 6.45) is 6.52. The van der Waals surface area contributed by atoms with Crippen LogP contribution in [0.5, 0.6) is 0 Å². The van der Waals surface area contributed by atoms with Gasteiger partial charge in [-0.1, -0.05) is 49.1 Å². The third kappa shape index (κ3) is 4.04. The number of aliphatic hydroxyl groups excluding tert-OH is 1. The Kier molecular flexibility index (Phi) is 4.93. The molecule has 0 heterocycles. The number of aryl methyl sites for hydroxylation is 1. The minimum Gasteiger partial charge on any atom is -0.388 e. The van der Waals surface area contributed by atoms with Crippen molar-refractivity contribution < 1.29 is 5.11 Å². The van der Waals surface area contributed by atoms with Crippen molar-refractivity contribution in [2.24, 2.45) is 0 Å². The molecular weight excluding hydrogens is 228 g/mol. The minimum absolute atomic E-state index is 0.304. The highest BCUT2D eigenvalue weighted by Crippen LogP contribution is 2.31. The van der Waals surface area contributed by atoms with Gasteiger partial charge in [0.2, 0.25) is 0 Å². The number of hydrogen-bond donors (Lipinski definition) is 1. The number of benzene rings is 1. The maximum atomic E-state index is 10.2. The molecule has 94 valence electrons. The summed E-state index contributed by atoms with van der Waals surface area (Å²) in [7, 11) is 0. The zero-order valence-corrected chi connectivity index (χ0v) is 11.4. The van der Waals surface area contributed by atoms with Gasteiger partial charge < -0.3 is 5.11 Å². The van der Waals surface area contributed by atoms with Crippen LogP contribution in [0.2, 0.25) is 0 Å². The first kappa shape index (κ1) is 13.0. The summed E-state index contributed by atoms with van der Waals surface area (Å²) in [5.74, 6) is 0.841. The average molecular weight is 250 g/mol. The van der Waals surface area contributed by atoms with E-state index in [0.29, 0.717) is 0 Å². The number of hydrogen-bond acceptors (Lipinski definition) is 2. The van der Waals surface area contributed by atoms with Gasteiger partial charge in [-0.3, -0.25) is 0 Å². The van der Waals surface area contributed by atoms with Gasteiger partial charge in [0.1, 0.15) is 0 Å². The normalized spacial score (nSPS) is 19.2. The lowest BCUT2D eigenvalue weighted by Gasteiger charge is -2.22. The summed E-state index contributed by atoms with van der Waals surface area (Å²) in [5, 5.41) is 10.9. The number of rotatable bonds is 4. The smallest absolute Gasteiger partial charge is 0.0880 e. The lowest BCUT2D eigenvalue weighted by atomic mass is 10.0. The molecule has 0 amide bonds. The highest BCUT2D eigenvalue weighted by molar-refractivity contribution is 7.99. The molecule has 1 saturated carbocycles. The fourth-order valence-electron chi connectivity index (χ4n) is 2.43. The summed E-state index contributed by atoms with van der Waals surface area (Å²) in [5.41, 5.74) is 2.29. The van der Waals surface area contributed by atoms with Crippen LogP contribution in [0.1, 0.15) is 49.3 Å². The van der Waals surface area contributed by atoms with Crippen molar-refractivity contribution in [2.75, 3.05) is 5.75 Å². The topological polar surface area (TPSA) is 20.2 Å². The van der Waals surface area contributed by atoms with Gasteiger partial charge in [-0.05, 0) is 25.3 Å². The van der Waals surface area contributed by atoms with Crippen molar-refractivity contribution in [3.05, 3.63) is 35.4 Å². The maximum Gasteiger partial charge on any atom is 0.0880 e. The van der Waals surface area contributed by atoms with E-state index in [0.717, 1.165) is 16.6 Å². The van der Waals surface area contributed by atoms with E-state index in [9.17, 15) is 5.11 Å². The molecule has 1 fully saturated rings. The van der Waals surface area contributed by atoms with Crippen molar-refractivity contribution in [3.8, 4) is 0 Å². The zero-order chi connectivity index (χ0) is 12.1. The number of thioether (sulfide) groups is 1. The van der Waals surface area contributed by atoms with Crippen LogP contribution in [0.3, 0.4) is 0 Å². The molecule has 1 aliphatic rings. The summed E-state index contributed by atoms with van der Waals surface area (Å²) >= 11 is 1.96. The van der Waals surface area contributed by atoms with E-state index in [-0.39, 0.29) is 6.10 Å². The van der Waals surface area contributed by atoms with E-state index in [4.69, 9.17) is 0 Å². The standard InChI is InChI=1S/C15H22OS/c1-12-6-5-7-13(10-12)15(16)11-17-14-8-3-2-4-9-14/h5-7,10,14-16H,2-4,8-9,11H2,1H3. The van der Waals surface area contributed by atoms with Crippen LogP contribution in [0.4, 0.5) is 0 Å². The zero-order valence-electron chi connectivity index (χ0n) is 10.6. The maximum absolute atomic E-state index is 10.2. The highest BCUT2D eigenvalue weighted by atomic mass is 32.2. The van der Waals surface area contributed by atoms with Gasteiger partial charge in [0.25, 0.3) is 0 Å². The van der Waals surface area contributed by atoms with Gasteiger partial charge in [-0.15, -0.1) is 0 Å². The Labute approximate surface area is 109 Å². The fraction of sp³-hybridized carbons (Fsp3) is 0.600. The van der Waals surface area contributed by atoms with E-state index < -0.39 is 0 Å². The van der Waals surface area contributed by atoms with Crippen LogP contribution in [-0.2, 0) is 0 Å². The fourth-order valence-corrected chi connectivity index (χ4v) is 3.75. The average Bonchev–Trinajstić information content (AvgIpc) is 2.37. The minimum atomic E-state index is -0.304. The molecule has 1 aliphatic carbocycles. The molecule has 0 bridgehead atoms. The van der Waals surface area contributed by atoms with Gasteiger partial charge in [-0.25, -0.2) is 0 Å². The first-order valence-corrected chi connectivity index (χ1v) is 7.67. The largest absolute Gasteiger partial charge is 0.388 e. The van der Waals surface area contributed by atoms with Crippen molar-refractivity contribution in [1.82, 2.24) is 0 Å². The van der Waals surface area contributed by atoms with E-state index in [1.807, 2.05) is 23.9 Å². The second-order valence-corrected chi connectivity index (χ2v) is 6.36. The van der Waals surface area contributed by atoms with Gasteiger partial charge in [-0.2, -0.15) is 11.8 Å². The molecule has 1 unspecified atom stereocenters. The quantitative estimate of drug-likeness (QED) is 0.868. The molecule has 0 aliphatic heterocycles. The molecule has 1 nitrogen and oxygen atoms in total. The Bertz CT molecular complexity index is 345. The third-order valence-corrected chi connectivity index (χ3v) is 4.92. The van der Waals surface area contributed by atoms with Gasteiger partial charge in [0.15, 0.2) is 0 Å². The van der Waals surface area contributed by atoms with Crippen molar-refractivity contribution in [2.45, 2.75) is 50.4 Å². The van der Waals surface area contributed by atoms with Gasteiger partial charge in [0.05, 0.1) is 6.10 Å². The predicted molar refractivity (Wildman–Crippen MR) is 75.5 cm³/mol. The van der Waals surface area contributed by atoms with Crippen LogP contribution < -0.4 is 0 Å². The second-order valence-electron chi connectivity index (χ2n) is 5.02. The van der Waals surface area contributed by atoms with Crippen molar-refractivity contribution in [3.63, 3.8) is 0 Å². The molecule has 2 heteroatoms. The summed E-state index contributed by atoms with van der Waals surface area (Å²) in [6.45, 7) is 2.07. The highest BCUT2D eigenvalue weighted by Gasteiger charge is 2.16. The molecule has 1 aromatic rings. The molecule has 0 spiro atoms. The van der Waals surface area contributed by atoms with Gasteiger partial charge in [0, 0.05) is 11.0 Å². The Morgan fingerprint density at radius 3 is 2.76 bits per heavy atom. The van der Waals surface area contributed by atoms with Crippen LogP contribution >= 0.6 is 11.8 Å². The van der Waals surface area contributed by atoms with E-state index >= 15 is 0 Å². The van der Waals surface area contributed by atoms with Gasteiger partial charge >= 0.3 is 0 Å².